The molecule has 0 saturated heterocycles. The van der Waals surface area contributed by atoms with Crippen LogP contribution >= 0.6 is 0 Å². The molecular weight excluding hydrogens is 374 g/mol. The summed E-state index contributed by atoms with van der Waals surface area (Å²) in [4.78, 5) is 17.7. The van der Waals surface area contributed by atoms with Gasteiger partial charge in [0.05, 0.1) is 4.90 Å². The monoisotopic (exact) mass is 405 g/mol. The first-order chi connectivity index (χ1) is 13.3. The Hall–Kier alpha value is -1.89. The van der Waals surface area contributed by atoms with Crippen molar-refractivity contribution in [1.82, 2.24) is 10.0 Å². The Morgan fingerprint density at radius 3 is 2.54 bits per heavy atom. The van der Waals surface area contributed by atoms with Crippen molar-refractivity contribution in [1.29, 1.82) is 0 Å². The molecular formula is C21H31N3O3S. The van der Waals surface area contributed by atoms with Crippen LogP contribution in [0.25, 0.3) is 0 Å². The summed E-state index contributed by atoms with van der Waals surface area (Å²) in [7, 11) is -3.60. The zero-order chi connectivity index (χ0) is 20.3. The molecule has 6 nitrogen and oxygen atoms in total. The molecule has 3 rings (SSSR count). The van der Waals surface area contributed by atoms with Gasteiger partial charge in [-0.2, -0.15) is 0 Å². The van der Waals surface area contributed by atoms with E-state index in [0.29, 0.717) is 12.0 Å². The first-order valence-electron chi connectivity index (χ1n) is 10.3. The highest BCUT2D eigenvalue weighted by molar-refractivity contribution is 7.90. The molecule has 7 heteroatoms. The first kappa shape index (κ1) is 20.8. The zero-order valence-electron chi connectivity index (χ0n) is 16.9. The number of fused-ring (bicyclic) bond motifs is 1. The Labute approximate surface area is 168 Å². The number of sulfonamides is 1. The van der Waals surface area contributed by atoms with Gasteiger partial charge in [0, 0.05) is 11.6 Å². The van der Waals surface area contributed by atoms with Crippen molar-refractivity contribution in [2.45, 2.75) is 76.3 Å². The van der Waals surface area contributed by atoms with Crippen LogP contribution in [0, 0.1) is 11.8 Å². The fraction of sp³-hybridized carbons (Fsp3) is 0.619. The molecule has 1 unspecified atom stereocenters. The molecule has 0 spiro atoms. The zero-order valence-corrected chi connectivity index (χ0v) is 17.8. The van der Waals surface area contributed by atoms with Crippen molar-refractivity contribution < 1.29 is 13.2 Å². The number of amides is 1. The lowest BCUT2D eigenvalue weighted by Gasteiger charge is -2.29. The molecule has 1 heterocycles. The van der Waals surface area contributed by atoms with Gasteiger partial charge in [-0.1, -0.05) is 39.3 Å². The SMILES string of the molecule is CCC1CCC(NC(=O)C(CC(C)C)N=C2NS(=O)(=O)c3ccccc32)CC1. The van der Waals surface area contributed by atoms with Crippen LogP contribution in [0.5, 0.6) is 0 Å². The molecule has 1 aliphatic carbocycles. The maximum atomic E-state index is 13.0. The third kappa shape index (κ3) is 4.74. The maximum Gasteiger partial charge on any atom is 0.263 e. The van der Waals surface area contributed by atoms with Gasteiger partial charge >= 0.3 is 0 Å². The van der Waals surface area contributed by atoms with Crippen LogP contribution < -0.4 is 10.0 Å². The van der Waals surface area contributed by atoms with E-state index in [9.17, 15) is 13.2 Å². The summed E-state index contributed by atoms with van der Waals surface area (Å²) < 4.78 is 27.2. The lowest BCUT2D eigenvalue weighted by atomic mass is 9.84. The van der Waals surface area contributed by atoms with Gasteiger partial charge in [-0.15, -0.1) is 0 Å². The molecule has 1 fully saturated rings. The number of amidine groups is 1. The number of benzene rings is 1. The molecule has 0 radical (unpaired) electrons. The quantitative estimate of drug-likeness (QED) is 0.762. The Bertz CT molecular complexity index is 840. The van der Waals surface area contributed by atoms with Crippen molar-refractivity contribution in [3.8, 4) is 0 Å². The molecule has 1 saturated carbocycles. The number of rotatable bonds is 6. The minimum atomic E-state index is -3.60. The van der Waals surface area contributed by atoms with Crippen LogP contribution in [0.2, 0.25) is 0 Å². The summed E-state index contributed by atoms with van der Waals surface area (Å²) in [5, 5.41) is 3.16. The van der Waals surface area contributed by atoms with E-state index in [1.165, 1.54) is 6.42 Å². The van der Waals surface area contributed by atoms with Crippen molar-refractivity contribution >= 4 is 21.8 Å². The van der Waals surface area contributed by atoms with Gasteiger partial charge in [-0.3, -0.25) is 14.5 Å². The van der Waals surface area contributed by atoms with Crippen molar-refractivity contribution in [3.63, 3.8) is 0 Å². The average Bonchev–Trinajstić information content (AvgIpc) is 2.92. The Morgan fingerprint density at radius 1 is 1.21 bits per heavy atom. The molecule has 1 aliphatic heterocycles. The van der Waals surface area contributed by atoms with Crippen LogP contribution in [0.1, 0.15) is 64.9 Å². The Balaban J connectivity index is 1.78. The minimum absolute atomic E-state index is 0.107. The van der Waals surface area contributed by atoms with Gasteiger partial charge < -0.3 is 5.32 Å². The molecule has 154 valence electrons. The standard InChI is InChI=1S/C21H31N3O3S/c1-4-15-9-11-16(12-10-15)22-21(25)18(13-14(2)3)23-20-17-7-5-6-8-19(17)28(26,27)24-20/h5-8,14-16,18H,4,9-13H2,1-3H3,(H,22,25)(H,23,24). The van der Waals surface area contributed by atoms with E-state index < -0.39 is 16.1 Å². The second-order valence-electron chi connectivity index (χ2n) is 8.36. The third-order valence-corrected chi connectivity index (χ3v) is 7.11. The predicted molar refractivity (Wildman–Crippen MR) is 111 cm³/mol. The first-order valence-corrected chi connectivity index (χ1v) is 11.8. The molecule has 1 amide bonds. The summed E-state index contributed by atoms with van der Waals surface area (Å²) in [6, 6.07) is 6.34. The molecule has 1 aromatic carbocycles. The van der Waals surface area contributed by atoms with Crippen LogP contribution in [0.3, 0.4) is 0 Å². The van der Waals surface area contributed by atoms with E-state index in [-0.39, 0.29) is 28.6 Å². The van der Waals surface area contributed by atoms with Gasteiger partial charge in [0.15, 0.2) is 0 Å². The number of hydrogen-bond donors (Lipinski definition) is 2. The fourth-order valence-electron chi connectivity index (χ4n) is 4.06. The number of carbonyl (C=O) groups excluding carboxylic acids is 1. The summed E-state index contributed by atoms with van der Waals surface area (Å²) in [5.74, 6) is 1.20. The van der Waals surface area contributed by atoms with Crippen molar-refractivity contribution in [3.05, 3.63) is 29.8 Å². The minimum Gasteiger partial charge on any atom is -0.352 e. The largest absolute Gasteiger partial charge is 0.352 e. The molecule has 0 aromatic heterocycles. The fourth-order valence-corrected chi connectivity index (χ4v) is 5.30. The van der Waals surface area contributed by atoms with Crippen molar-refractivity contribution in [2.24, 2.45) is 16.8 Å². The van der Waals surface area contributed by atoms with Crippen molar-refractivity contribution in [2.75, 3.05) is 0 Å². The van der Waals surface area contributed by atoms with Gasteiger partial charge in [0.1, 0.15) is 11.9 Å². The highest BCUT2D eigenvalue weighted by atomic mass is 32.2. The van der Waals surface area contributed by atoms with E-state index in [1.807, 2.05) is 13.8 Å². The molecule has 2 aliphatic rings. The molecule has 1 aromatic rings. The van der Waals surface area contributed by atoms with Gasteiger partial charge in [-0.25, -0.2) is 8.42 Å². The van der Waals surface area contributed by atoms with Crippen LogP contribution in [-0.4, -0.2) is 32.2 Å². The van der Waals surface area contributed by atoms with E-state index >= 15 is 0 Å². The summed E-state index contributed by atoms with van der Waals surface area (Å²) in [6.07, 6.45) is 6.08. The molecule has 0 bridgehead atoms. The summed E-state index contributed by atoms with van der Waals surface area (Å²) >= 11 is 0. The van der Waals surface area contributed by atoms with E-state index in [1.54, 1.807) is 24.3 Å². The van der Waals surface area contributed by atoms with Gasteiger partial charge in [-0.05, 0) is 56.1 Å². The Kier molecular flexibility index (Phi) is 6.43. The topological polar surface area (TPSA) is 87.6 Å². The summed E-state index contributed by atoms with van der Waals surface area (Å²) in [6.45, 7) is 6.30. The number of nitrogens with one attached hydrogen (secondary N) is 2. The number of aliphatic imine (C=N–C) groups is 1. The lowest BCUT2D eigenvalue weighted by Crippen LogP contribution is -2.43. The predicted octanol–water partition coefficient (Wildman–Crippen LogP) is 3.22. The normalized spacial score (nSPS) is 25.9. The Morgan fingerprint density at radius 2 is 1.89 bits per heavy atom. The molecule has 28 heavy (non-hydrogen) atoms. The average molecular weight is 406 g/mol. The maximum absolute atomic E-state index is 13.0. The number of hydrogen-bond acceptors (Lipinski definition) is 4. The summed E-state index contributed by atoms with van der Waals surface area (Å²) in [5.41, 5.74) is 0.535. The lowest BCUT2D eigenvalue weighted by molar-refractivity contribution is -0.123. The van der Waals surface area contributed by atoms with E-state index in [0.717, 1.165) is 31.6 Å². The second kappa shape index (κ2) is 8.64. The number of carbonyl (C=O) groups is 1. The van der Waals surface area contributed by atoms with Crippen LogP contribution in [0.15, 0.2) is 34.2 Å². The highest BCUT2D eigenvalue weighted by Crippen LogP contribution is 2.27. The number of nitrogens with zero attached hydrogens (tertiary/aromatic N) is 1. The van der Waals surface area contributed by atoms with Gasteiger partial charge in [0.2, 0.25) is 5.91 Å². The van der Waals surface area contributed by atoms with Crippen LogP contribution in [0.4, 0.5) is 0 Å². The molecule has 1 atom stereocenters. The van der Waals surface area contributed by atoms with E-state index in [2.05, 4.69) is 22.0 Å². The van der Waals surface area contributed by atoms with Gasteiger partial charge in [0.25, 0.3) is 10.0 Å². The smallest absolute Gasteiger partial charge is 0.263 e. The highest BCUT2D eigenvalue weighted by Gasteiger charge is 2.32. The second-order valence-corrected chi connectivity index (χ2v) is 10.0. The van der Waals surface area contributed by atoms with Crippen LogP contribution in [-0.2, 0) is 14.8 Å². The molecule has 2 N–H and O–H groups in total. The van der Waals surface area contributed by atoms with E-state index in [4.69, 9.17) is 0 Å². The third-order valence-electron chi connectivity index (χ3n) is 5.72.